The molecule has 396 valence electrons. The highest BCUT2D eigenvalue weighted by atomic mass is 28.4. The standard InChI is InChI=1S/C61H76F2N6O4Si2/c1-39(2)74(40(3)4,41(5)6)32-31-49-52(62)30-27-42-21-20-26-50(53(42)49)55-54(63)56-51(34-64-55)57(68-35-43-28-29-44(36-68)69(43)59(70)72-60(7,8)9)66-58(65-56)71-38-45-33-46(37-67(45)13)73-75(61(10,11)12,47-22-16-14-17-23-47)48-24-18-15-19-25-48/h14-27,30,34,39-41,43-46H,28-29,33,35-38H2,1-13H3/t43?,44?,45-,46+/m0/s1. The van der Waals surface area contributed by atoms with Gasteiger partial charge in [0, 0.05) is 42.8 Å². The fourth-order valence-corrected chi connectivity index (χ4v) is 22.8. The van der Waals surface area contributed by atoms with Gasteiger partial charge in [0.05, 0.1) is 29.1 Å². The number of piperazine rings is 1. The van der Waals surface area contributed by atoms with Crippen LogP contribution in [-0.2, 0) is 9.16 Å². The lowest BCUT2D eigenvalue weighted by Gasteiger charge is -2.44. The van der Waals surface area contributed by atoms with Gasteiger partial charge >= 0.3 is 12.1 Å². The molecule has 1 amide bonds. The average molecular weight is 1050 g/mol. The van der Waals surface area contributed by atoms with Gasteiger partial charge in [-0.2, -0.15) is 9.97 Å². The molecule has 10 nitrogen and oxygen atoms in total. The largest absolute Gasteiger partial charge is 0.462 e. The van der Waals surface area contributed by atoms with E-state index in [1.165, 1.54) is 16.4 Å². The number of benzene rings is 4. The number of hydrogen-bond donors (Lipinski definition) is 0. The molecule has 0 spiro atoms. The quantitative estimate of drug-likeness (QED) is 0.0877. The van der Waals surface area contributed by atoms with Gasteiger partial charge in [-0.05, 0) is 90.6 Å². The third kappa shape index (κ3) is 10.2. The van der Waals surface area contributed by atoms with Gasteiger partial charge in [-0.25, -0.2) is 13.6 Å². The Balaban J connectivity index is 1.10. The molecule has 4 atom stereocenters. The number of carbonyl (C=O) groups excluding carboxylic acids is 1. The van der Waals surface area contributed by atoms with Crippen molar-refractivity contribution in [3.63, 3.8) is 0 Å². The fraction of sp³-hybridized carbons (Fsp3) is 0.475. The zero-order valence-electron chi connectivity index (χ0n) is 46.3. The molecule has 0 radical (unpaired) electrons. The van der Waals surface area contributed by atoms with E-state index in [1.54, 1.807) is 18.3 Å². The molecular formula is C61H76F2N6O4Si2. The fourth-order valence-electron chi connectivity index (χ4n) is 12.9. The minimum Gasteiger partial charge on any atom is -0.462 e. The second-order valence-electron chi connectivity index (χ2n) is 24.2. The van der Waals surface area contributed by atoms with Crippen LogP contribution in [0.1, 0.15) is 108 Å². The van der Waals surface area contributed by atoms with Gasteiger partial charge in [-0.1, -0.05) is 153 Å². The number of carbonyl (C=O) groups is 1. The monoisotopic (exact) mass is 1050 g/mol. The molecular weight excluding hydrogens is 975 g/mol. The lowest BCUT2D eigenvalue weighted by Crippen LogP contribution is -2.67. The van der Waals surface area contributed by atoms with E-state index in [4.69, 9.17) is 28.9 Å². The van der Waals surface area contributed by atoms with Gasteiger partial charge in [0.1, 0.15) is 43.1 Å². The molecule has 3 saturated heterocycles. The van der Waals surface area contributed by atoms with Crippen molar-refractivity contribution in [1.82, 2.24) is 24.8 Å². The summed E-state index contributed by atoms with van der Waals surface area (Å²) < 4.78 is 54.4. The Kier molecular flexibility index (Phi) is 15.1. The van der Waals surface area contributed by atoms with Crippen LogP contribution >= 0.6 is 0 Å². The number of likely N-dealkylation sites (N-methyl/N-ethyl adjacent to an activating group) is 1. The first kappa shape index (κ1) is 54.1. The summed E-state index contributed by atoms with van der Waals surface area (Å²) in [5, 5.41) is 3.92. The van der Waals surface area contributed by atoms with Crippen molar-refractivity contribution in [2.45, 2.75) is 154 Å². The van der Waals surface area contributed by atoms with Crippen molar-refractivity contribution < 1.29 is 27.5 Å². The first-order valence-corrected chi connectivity index (χ1v) is 31.2. The van der Waals surface area contributed by atoms with Crippen molar-refractivity contribution in [2.75, 3.05) is 38.2 Å². The Morgan fingerprint density at radius 3 is 1.97 bits per heavy atom. The summed E-state index contributed by atoms with van der Waals surface area (Å²) in [7, 11) is -3.03. The number of anilines is 1. The van der Waals surface area contributed by atoms with Gasteiger partial charge in [0.15, 0.2) is 5.82 Å². The lowest BCUT2D eigenvalue weighted by atomic mass is 9.96. The molecule has 2 bridgehead atoms. The van der Waals surface area contributed by atoms with Crippen LogP contribution in [0.2, 0.25) is 21.7 Å². The van der Waals surface area contributed by atoms with Crippen LogP contribution in [0.15, 0.2) is 97.2 Å². The van der Waals surface area contributed by atoms with Crippen LogP contribution in [0.3, 0.4) is 0 Å². The van der Waals surface area contributed by atoms with Crippen LogP contribution in [0.4, 0.5) is 19.4 Å². The van der Waals surface area contributed by atoms with Crippen LogP contribution < -0.4 is 20.0 Å². The minimum atomic E-state index is -2.84. The number of fused-ring (bicyclic) bond motifs is 4. The number of ether oxygens (including phenoxy) is 2. The molecule has 4 aromatic carbocycles. The molecule has 0 N–H and O–H groups in total. The maximum atomic E-state index is 18.0. The maximum Gasteiger partial charge on any atom is 0.410 e. The Morgan fingerprint density at radius 2 is 1.40 bits per heavy atom. The zero-order chi connectivity index (χ0) is 53.8. The Labute approximate surface area is 445 Å². The first-order valence-electron chi connectivity index (χ1n) is 27.0. The van der Waals surface area contributed by atoms with Gasteiger partial charge in [-0.15, -0.1) is 5.54 Å². The molecule has 0 saturated carbocycles. The van der Waals surface area contributed by atoms with E-state index in [9.17, 15) is 4.79 Å². The molecule has 3 fully saturated rings. The average Bonchev–Trinajstić information content (AvgIpc) is 3.85. The molecule has 2 aromatic heterocycles. The normalized spacial score (nSPS) is 19.7. The van der Waals surface area contributed by atoms with E-state index in [2.05, 4.69) is 151 Å². The number of hydrogen-bond acceptors (Lipinski definition) is 9. The number of halogens is 2. The third-order valence-corrected chi connectivity index (χ3v) is 27.7. The Morgan fingerprint density at radius 1 is 0.787 bits per heavy atom. The number of pyridine rings is 1. The smallest absolute Gasteiger partial charge is 0.410 e. The number of aromatic nitrogens is 3. The summed E-state index contributed by atoms with van der Waals surface area (Å²) >= 11 is 0. The minimum absolute atomic E-state index is 0.0334. The highest BCUT2D eigenvalue weighted by Gasteiger charge is 2.53. The molecule has 3 aliphatic heterocycles. The van der Waals surface area contributed by atoms with Gasteiger partial charge in [-0.3, -0.25) is 14.8 Å². The highest BCUT2D eigenvalue weighted by molar-refractivity contribution is 6.99. The topological polar surface area (TPSA) is 93.2 Å². The molecule has 75 heavy (non-hydrogen) atoms. The van der Waals surface area contributed by atoms with E-state index >= 15 is 8.78 Å². The van der Waals surface area contributed by atoms with Crippen molar-refractivity contribution in [1.29, 1.82) is 0 Å². The van der Waals surface area contributed by atoms with E-state index in [-0.39, 0.29) is 64.8 Å². The SMILES string of the molecule is CC(C)[Si](C#Cc1c(F)ccc2cccc(-c3ncc4c(N5CC6CCC(C5)N6C(=O)OC(C)(C)C)nc(OC[C@@H]5C[C@@H](O[Si](c6ccccc6)(c6ccccc6)C(C)(C)C)CN5C)nc4c3F)c12)(C(C)C)C(C)C. The molecule has 5 heterocycles. The molecule has 3 aliphatic rings. The summed E-state index contributed by atoms with van der Waals surface area (Å²) in [6.07, 6.45) is 3.51. The second-order valence-corrected chi connectivity index (χ2v) is 34.0. The lowest BCUT2D eigenvalue weighted by molar-refractivity contribution is 0.0122. The second kappa shape index (κ2) is 21.0. The van der Waals surface area contributed by atoms with Crippen LogP contribution in [0.5, 0.6) is 6.01 Å². The van der Waals surface area contributed by atoms with Crippen LogP contribution in [-0.4, -0.2) is 110 Å². The number of likely N-dealkylation sites (tertiary alicyclic amines) is 1. The third-order valence-electron chi connectivity index (χ3n) is 16.4. The highest BCUT2D eigenvalue weighted by Crippen LogP contribution is 2.44. The van der Waals surface area contributed by atoms with E-state index in [0.29, 0.717) is 64.8 Å². The van der Waals surface area contributed by atoms with E-state index in [1.807, 2.05) is 37.8 Å². The molecule has 14 heteroatoms. The predicted molar refractivity (Wildman–Crippen MR) is 304 cm³/mol. The van der Waals surface area contributed by atoms with E-state index < -0.39 is 33.6 Å². The van der Waals surface area contributed by atoms with E-state index in [0.717, 1.165) is 18.2 Å². The number of amides is 1. The summed E-state index contributed by atoms with van der Waals surface area (Å²) in [5.74, 6) is 2.73. The molecule has 9 rings (SSSR count). The summed E-state index contributed by atoms with van der Waals surface area (Å²) in [4.78, 5) is 34.7. The number of nitrogens with zero attached hydrogens (tertiary/aromatic N) is 6. The summed E-state index contributed by atoms with van der Waals surface area (Å²) in [6.45, 7) is 27.7. The van der Waals surface area contributed by atoms with Gasteiger partial charge in [0.2, 0.25) is 0 Å². The summed E-state index contributed by atoms with van der Waals surface area (Å²) in [6, 6.07) is 29.8. The molecule has 6 aromatic rings. The number of rotatable bonds is 12. The van der Waals surface area contributed by atoms with Crippen LogP contribution in [0, 0.1) is 23.1 Å². The van der Waals surface area contributed by atoms with Crippen molar-refractivity contribution in [3.05, 3.63) is 114 Å². The summed E-state index contributed by atoms with van der Waals surface area (Å²) in [5.41, 5.74) is 4.82. The molecule has 0 aliphatic carbocycles. The van der Waals surface area contributed by atoms with Gasteiger partial charge in [0.25, 0.3) is 8.32 Å². The Bertz CT molecular complexity index is 3040. The van der Waals surface area contributed by atoms with Gasteiger partial charge < -0.3 is 18.8 Å². The van der Waals surface area contributed by atoms with Crippen LogP contribution in [0.25, 0.3) is 32.9 Å². The zero-order valence-corrected chi connectivity index (χ0v) is 48.3. The molecule has 2 unspecified atom stereocenters. The first-order chi connectivity index (χ1) is 35.5. The maximum absolute atomic E-state index is 18.0. The predicted octanol–water partition coefficient (Wildman–Crippen LogP) is 12.3. The van der Waals surface area contributed by atoms with Crippen molar-refractivity contribution >= 4 is 60.4 Å². The Hall–Kier alpha value is -5.73. The van der Waals surface area contributed by atoms with Crippen molar-refractivity contribution in [2.24, 2.45) is 0 Å². The van der Waals surface area contributed by atoms with Crippen molar-refractivity contribution in [3.8, 4) is 28.7 Å².